The standard InChI is InChI=1S/C15H13N3O2/c16-18-17-14(13-9-5-2-6-10-13)15(19)20-11-12-7-3-1-4-8-12/h1-10,14H,11H2/t14-/m0/s1. The third-order valence-electron chi connectivity index (χ3n) is 2.73. The molecule has 5 heteroatoms. The first kappa shape index (κ1) is 13.6. The van der Waals surface area contributed by atoms with Crippen molar-refractivity contribution in [1.82, 2.24) is 0 Å². The fourth-order valence-electron chi connectivity index (χ4n) is 1.74. The highest BCUT2D eigenvalue weighted by molar-refractivity contribution is 5.77. The van der Waals surface area contributed by atoms with Gasteiger partial charge in [0.1, 0.15) is 6.61 Å². The molecule has 0 unspecified atom stereocenters. The van der Waals surface area contributed by atoms with Crippen molar-refractivity contribution in [2.24, 2.45) is 5.11 Å². The number of hydrogen-bond donors (Lipinski definition) is 0. The molecule has 0 radical (unpaired) electrons. The quantitative estimate of drug-likeness (QED) is 0.358. The molecular formula is C15H13N3O2. The molecule has 2 rings (SSSR count). The highest BCUT2D eigenvalue weighted by Crippen LogP contribution is 2.19. The molecule has 0 saturated carbocycles. The first-order valence-electron chi connectivity index (χ1n) is 6.11. The number of hydrogen-bond acceptors (Lipinski definition) is 3. The summed E-state index contributed by atoms with van der Waals surface area (Å²) in [4.78, 5) is 14.7. The zero-order valence-corrected chi connectivity index (χ0v) is 10.7. The van der Waals surface area contributed by atoms with Crippen LogP contribution in [0.4, 0.5) is 0 Å². The Morgan fingerprint density at radius 3 is 2.30 bits per heavy atom. The van der Waals surface area contributed by atoms with Crippen LogP contribution >= 0.6 is 0 Å². The maximum absolute atomic E-state index is 12.0. The lowest BCUT2D eigenvalue weighted by atomic mass is 10.1. The molecule has 5 nitrogen and oxygen atoms in total. The van der Waals surface area contributed by atoms with Gasteiger partial charge in [0.05, 0.1) is 0 Å². The minimum absolute atomic E-state index is 0.157. The molecule has 0 fully saturated rings. The monoisotopic (exact) mass is 267 g/mol. The summed E-state index contributed by atoms with van der Waals surface area (Å²) in [5.41, 5.74) is 10.1. The summed E-state index contributed by atoms with van der Waals surface area (Å²) < 4.78 is 5.19. The number of carbonyl (C=O) groups is 1. The van der Waals surface area contributed by atoms with Gasteiger partial charge in [0, 0.05) is 4.91 Å². The van der Waals surface area contributed by atoms with Crippen LogP contribution < -0.4 is 0 Å². The molecule has 0 aliphatic rings. The Labute approximate surface area is 116 Å². The second-order valence-corrected chi connectivity index (χ2v) is 4.11. The van der Waals surface area contributed by atoms with Crippen LogP contribution in [0.2, 0.25) is 0 Å². The Morgan fingerprint density at radius 1 is 1.10 bits per heavy atom. The molecule has 0 N–H and O–H groups in total. The SMILES string of the molecule is [N-]=[N+]=N[C@H](C(=O)OCc1ccccc1)c1ccccc1. The minimum Gasteiger partial charge on any atom is -0.460 e. The van der Waals surface area contributed by atoms with Gasteiger partial charge in [-0.15, -0.1) is 0 Å². The van der Waals surface area contributed by atoms with Gasteiger partial charge in [0.2, 0.25) is 0 Å². The molecular weight excluding hydrogens is 254 g/mol. The van der Waals surface area contributed by atoms with E-state index >= 15 is 0 Å². The zero-order chi connectivity index (χ0) is 14.2. The van der Waals surface area contributed by atoms with E-state index < -0.39 is 12.0 Å². The second kappa shape index (κ2) is 6.97. The fourth-order valence-corrected chi connectivity index (χ4v) is 1.74. The summed E-state index contributed by atoms with van der Waals surface area (Å²) in [6, 6.07) is 17.2. The average molecular weight is 267 g/mol. The Hall–Kier alpha value is -2.78. The summed E-state index contributed by atoms with van der Waals surface area (Å²) in [7, 11) is 0. The number of rotatable bonds is 5. The van der Waals surface area contributed by atoms with Crippen molar-refractivity contribution in [3.63, 3.8) is 0 Å². The van der Waals surface area contributed by atoms with Gasteiger partial charge in [-0.25, -0.2) is 0 Å². The van der Waals surface area contributed by atoms with Gasteiger partial charge in [0.15, 0.2) is 6.04 Å². The average Bonchev–Trinajstić information content (AvgIpc) is 2.52. The van der Waals surface area contributed by atoms with E-state index in [1.165, 1.54) is 0 Å². The van der Waals surface area contributed by atoms with Crippen LogP contribution in [-0.4, -0.2) is 5.97 Å². The molecule has 2 aromatic rings. The van der Waals surface area contributed by atoms with Gasteiger partial charge in [-0.2, -0.15) is 0 Å². The maximum atomic E-state index is 12.0. The van der Waals surface area contributed by atoms with Crippen LogP contribution in [0.15, 0.2) is 65.8 Å². The van der Waals surface area contributed by atoms with Crippen LogP contribution in [0.5, 0.6) is 0 Å². The lowest BCUT2D eigenvalue weighted by molar-refractivity contribution is -0.146. The van der Waals surface area contributed by atoms with Crippen molar-refractivity contribution in [1.29, 1.82) is 0 Å². The zero-order valence-electron chi connectivity index (χ0n) is 10.7. The van der Waals surface area contributed by atoms with E-state index in [4.69, 9.17) is 10.3 Å². The predicted molar refractivity (Wildman–Crippen MR) is 74.6 cm³/mol. The van der Waals surface area contributed by atoms with Crippen LogP contribution in [-0.2, 0) is 16.1 Å². The molecule has 100 valence electrons. The van der Waals surface area contributed by atoms with E-state index in [1.807, 2.05) is 36.4 Å². The van der Waals surface area contributed by atoms with Crippen LogP contribution in [0.1, 0.15) is 17.2 Å². The lowest BCUT2D eigenvalue weighted by Gasteiger charge is -2.11. The Kier molecular flexibility index (Phi) is 4.76. The van der Waals surface area contributed by atoms with E-state index in [0.29, 0.717) is 5.56 Å². The molecule has 0 heterocycles. The number of esters is 1. The van der Waals surface area contributed by atoms with Gasteiger partial charge >= 0.3 is 5.97 Å². The van der Waals surface area contributed by atoms with Gasteiger partial charge in [-0.3, -0.25) is 4.79 Å². The second-order valence-electron chi connectivity index (χ2n) is 4.11. The molecule has 0 aliphatic carbocycles. The lowest BCUT2D eigenvalue weighted by Crippen LogP contribution is -2.13. The van der Waals surface area contributed by atoms with Crippen molar-refractivity contribution < 1.29 is 9.53 Å². The third-order valence-corrected chi connectivity index (χ3v) is 2.73. The number of nitrogens with zero attached hydrogens (tertiary/aromatic N) is 3. The Bertz CT molecular complexity index is 608. The van der Waals surface area contributed by atoms with Crippen molar-refractivity contribution in [2.75, 3.05) is 0 Å². The first-order valence-corrected chi connectivity index (χ1v) is 6.11. The maximum Gasteiger partial charge on any atom is 0.319 e. The van der Waals surface area contributed by atoms with E-state index in [2.05, 4.69) is 10.0 Å². The molecule has 0 spiro atoms. The number of carbonyl (C=O) groups excluding carboxylic acids is 1. The van der Waals surface area contributed by atoms with Crippen molar-refractivity contribution >= 4 is 5.97 Å². The van der Waals surface area contributed by atoms with E-state index in [9.17, 15) is 4.79 Å². The first-order chi connectivity index (χ1) is 9.81. The van der Waals surface area contributed by atoms with E-state index in [-0.39, 0.29) is 6.61 Å². The van der Waals surface area contributed by atoms with Crippen LogP contribution in [0.25, 0.3) is 10.4 Å². The smallest absolute Gasteiger partial charge is 0.319 e. The van der Waals surface area contributed by atoms with Gasteiger partial charge in [-0.05, 0) is 16.7 Å². The molecule has 0 amide bonds. The molecule has 0 saturated heterocycles. The van der Waals surface area contributed by atoms with E-state index in [0.717, 1.165) is 5.56 Å². The van der Waals surface area contributed by atoms with Crippen LogP contribution in [0, 0.1) is 0 Å². The third kappa shape index (κ3) is 3.60. The number of ether oxygens (including phenoxy) is 1. The number of benzene rings is 2. The highest BCUT2D eigenvalue weighted by Gasteiger charge is 2.20. The van der Waals surface area contributed by atoms with Crippen molar-refractivity contribution in [3.8, 4) is 0 Å². The van der Waals surface area contributed by atoms with Gasteiger partial charge in [-0.1, -0.05) is 65.8 Å². The highest BCUT2D eigenvalue weighted by atomic mass is 16.5. The minimum atomic E-state index is -0.954. The molecule has 0 aliphatic heterocycles. The van der Waals surface area contributed by atoms with Crippen molar-refractivity contribution in [3.05, 3.63) is 82.2 Å². The normalized spacial score (nSPS) is 11.2. The largest absolute Gasteiger partial charge is 0.460 e. The summed E-state index contributed by atoms with van der Waals surface area (Å²) in [6.45, 7) is 0.157. The van der Waals surface area contributed by atoms with E-state index in [1.54, 1.807) is 24.3 Å². The van der Waals surface area contributed by atoms with Crippen molar-refractivity contribution in [2.45, 2.75) is 12.6 Å². The summed E-state index contributed by atoms with van der Waals surface area (Å²) in [5.74, 6) is -0.558. The Morgan fingerprint density at radius 2 is 1.70 bits per heavy atom. The fraction of sp³-hybridized carbons (Fsp3) is 0.133. The summed E-state index contributed by atoms with van der Waals surface area (Å²) in [5, 5.41) is 3.51. The van der Waals surface area contributed by atoms with Gasteiger partial charge in [0.25, 0.3) is 0 Å². The molecule has 0 bridgehead atoms. The summed E-state index contributed by atoms with van der Waals surface area (Å²) >= 11 is 0. The number of azide groups is 1. The topological polar surface area (TPSA) is 75.1 Å². The predicted octanol–water partition coefficient (Wildman–Crippen LogP) is 3.78. The van der Waals surface area contributed by atoms with Crippen LogP contribution in [0.3, 0.4) is 0 Å². The summed E-state index contributed by atoms with van der Waals surface area (Å²) in [6.07, 6.45) is 0. The van der Waals surface area contributed by atoms with Gasteiger partial charge < -0.3 is 4.74 Å². The Balaban J connectivity index is 2.07. The molecule has 0 aromatic heterocycles. The molecule has 1 atom stereocenters. The molecule has 2 aromatic carbocycles. The molecule has 20 heavy (non-hydrogen) atoms.